The van der Waals surface area contributed by atoms with Gasteiger partial charge >= 0.3 is 0 Å². The number of carbonyl (C=O) groups excluding carboxylic acids is 2. The second-order valence-corrected chi connectivity index (χ2v) is 7.70. The van der Waals surface area contributed by atoms with Crippen molar-refractivity contribution in [2.24, 2.45) is 5.92 Å². The van der Waals surface area contributed by atoms with Gasteiger partial charge in [0.25, 0.3) is 0 Å². The lowest BCUT2D eigenvalue weighted by molar-refractivity contribution is -0.126. The summed E-state index contributed by atoms with van der Waals surface area (Å²) in [6.45, 7) is 3.79. The lowest BCUT2D eigenvalue weighted by Crippen LogP contribution is -2.33. The van der Waals surface area contributed by atoms with Crippen LogP contribution in [-0.2, 0) is 16.1 Å². The number of rotatable bonds is 7. The molecular weight excluding hydrogens is 376 g/mol. The molecule has 0 spiro atoms. The van der Waals surface area contributed by atoms with E-state index in [0.717, 1.165) is 35.6 Å². The van der Waals surface area contributed by atoms with Crippen LogP contribution in [0.5, 0.6) is 0 Å². The molecule has 3 aromatic rings. The molecule has 0 aliphatic carbocycles. The summed E-state index contributed by atoms with van der Waals surface area (Å²) >= 11 is 0. The van der Waals surface area contributed by atoms with Crippen LogP contribution in [0.3, 0.4) is 0 Å². The minimum Gasteiger partial charge on any atom is -0.356 e. The van der Waals surface area contributed by atoms with Crippen molar-refractivity contribution in [1.29, 1.82) is 0 Å². The van der Waals surface area contributed by atoms with Crippen LogP contribution < -0.4 is 10.2 Å². The minimum atomic E-state index is -0.299. The number of anilines is 1. The monoisotopic (exact) mass is 402 g/mol. The quantitative estimate of drug-likeness (QED) is 0.616. The molecule has 2 amide bonds. The largest absolute Gasteiger partial charge is 0.356 e. The Kier molecular flexibility index (Phi) is 5.93. The highest BCUT2D eigenvalue weighted by molar-refractivity contribution is 6.00. The highest BCUT2D eigenvalue weighted by Gasteiger charge is 2.34. The SMILES string of the molecule is Cc1ccc(N2CC(C(=O)NCCCn3ccnc3-c3ccccc3)CC2=O)cc1. The molecular formula is C24H26N4O2. The van der Waals surface area contributed by atoms with Gasteiger partial charge in [0.15, 0.2) is 0 Å². The third-order valence-corrected chi connectivity index (χ3v) is 5.46. The Morgan fingerprint density at radius 3 is 2.67 bits per heavy atom. The molecule has 0 radical (unpaired) electrons. The fourth-order valence-electron chi connectivity index (χ4n) is 3.80. The van der Waals surface area contributed by atoms with Gasteiger partial charge in [0.05, 0.1) is 5.92 Å². The maximum absolute atomic E-state index is 12.6. The van der Waals surface area contributed by atoms with Crippen molar-refractivity contribution in [3.05, 3.63) is 72.6 Å². The first-order valence-corrected chi connectivity index (χ1v) is 10.3. The number of aryl methyl sites for hydroxylation is 2. The topological polar surface area (TPSA) is 67.2 Å². The molecule has 154 valence electrons. The van der Waals surface area contributed by atoms with Crippen molar-refractivity contribution in [3.63, 3.8) is 0 Å². The van der Waals surface area contributed by atoms with Gasteiger partial charge in [-0.15, -0.1) is 0 Å². The minimum absolute atomic E-state index is 0.00456. The van der Waals surface area contributed by atoms with Crippen LogP contribution in [-0.4, -0.2) is 34.5 Å². The van der Waals surface area contributed by atoms with Crippen LogP contribution in [0.2, 0.25) is 0 Å². The normalized spacial score (nSPS) is 16.1. The molecule has 1 saturated heterocycles. The van der Waals surface area contributed by atoms with Gasteiger partial charge in [-0.05, 0) is 25.5 Å². The summed E-state index contributed by atoms with van der Waals surface area (Å²) in [5.74, 6) is 0.584. The van der Waals surface area contributed by atoms with Crippen LogP contribution in [0.1, 0.15) is 18.4 Å². The predicted octanol–water partition coefficient (Wildman–Crippen LogP) is 3.42. The van der Waals surface area contributed by atoms with E-state index in [1.807, 2.05) is 67.7 Å². The fraction of sp³-hybridized carbons (Fsp3) is 0.292. The van der Waals surface area contributed by atoms with Crippen molar-refractivity contribution in [1.82, 2.24) is 14.9 Å². The molecule has 1 unspecified atom stereocenters. The molecule has 30 heavy (non-hydrogen) atoms. The van der Waals surface area contributed by atoms with Crippen molar-refractivity contribution >= 4 is 17.5 Å². The van der Waals surface area contributed by atoms with E-state index in [9.17, 15) is 9.59 Å². The molecule has 6 nitrogen and oxygen atoms in total. The number of nitrogens with zero attached hydrogens (tertiary/aromatic N) is 3. The molecule has 0 saturated carbocycles. The number of hydrogen-bond donors (Lipinski definition) is 1. The zero-order valence-electron chi connectivity index (χ0n) is 17.1. The van der Waals surface area contributed by atoms with Crippen molar-refractivity contribution in [3.8, 4) is 11.4 Å². The van der Waals surface area contributed by atoms with Gasteiger partial charge in [-0.2, -0.15) is 0 Å². The Balaban J connectivity index is 1.27. The summed E-state index contributed by atoms with van der Waals surface area (Å²) in [7, 11) is 0. The lowest BCUT2D eigenvalue weighted by Gasteiger charge is -2.17. The first-order chi connectivity index (χ1) is 14.6. The molecule has 2 aromatic carbocycles. The lowest BCUT2D eigenvalue weighted by atomic mass is 10.1. The molecule has 2 heterocycles. The highest BCUT2D eigenvalue weighted by atomic mass is 16.2. The van der Waals surface area contributed by atoms with E-state index in [1.54, 1.807) is 11.1 Å². The van der Waals surface area contributed by atoms with Gasteiger partial charge in [0.2, 0.25) is 11.8 Å². The van der Waals surface area contributed by atoms with Crippen LogP contribution in [0, 0.1) is 12.8 Å². The average molecular weight is 402 g/mol. The zero-order chi connectivity index (χ0) is 20.9. The van der Waals surface area contributed by atoms with Gasteiger partial charge in [0, 0.05) is 49.7 Å². The number of amides is 2. The molecule has 1 atom stereocenters. The van der Waals surface area contributed by atoms with E-state index in [1.165, 1.54) is 0 Å². The molecule has 1 N–H and O–H groups in total. The van der Waals surface area contributed by atoms with Crippen LogP contribution >= 0.6 is 0 Å². The van der Waals surface area contributed by atoms with E-state index in [0.29, 0.717) is 13.1 Å². The van der Waals surface area contributed by atoms with Gasteiger partial charge in [-0.1, -0.05) is 48.0 Å². The summed E-state index contributed by atoms with van der Waals surface area (Å²) in [6.07, 6.45) is 4.81. The van der Waals surface area contributed by atoms with Crippen molar-refractivity contribution in [2.75, 3.05) is 18.0 Å². The second kappa shape index (κ2) is 8.95. The molecule has 1 aromatic heterocycles. The Morgan fingerprint density at radius 2 is 1.90 bits per heavy atom. The van der Waals surface area contributed by atoms with Crippen molar-refractivity contribution in [2.45, 2.75) is 26.3 Å². The third kappa shape index (κ3) is 4.43. The Morgan fingerprint density at radius 1 is 1.13 bits per heavy atom. The number of imidazole rings is 1. The number of nitrogens with one attached hydrogen (secondary N) is 1. The van der Waals surface area contributed by atoms with E-state index in [-0.39, 0.29) is 24.2 Å². The second-order valence-electron chi connectivity index (χ2n) is 7.70. The number of benzene rings is 2. The summed E-state index contributed by atoms with van der Waals surface area (Å²) < 4.78 is 2.10. The van der Waals surface area contributed by atoms with Crippen LogP contribution in [0.4, 0.5) is 5.69 Å². The molecule has 1 aliphatic heterocycles. The summed E-state index contributed by atoms with van der Waals surface area (Å²) in [5.41, 5.74) is 3.08. The molecule has 6 heteroatoms. The first kappa shape index (κ1) is 19.9. The summed E-state index contributed by atoms with van der Waals surface area (Å²) in [4.78, 5) is 31.1. The summed E-state index contributed by atoms with van der Waals surface area (Å²) in [6, 6.07) is 17.9. The maximum Gasteiger partial charge on any atom is 0.227 e. The van der Waals surface area contributed by atoms with Gasteiger partial charge < -0.3 is 14.8 Å². The van der Waals surface area contributed by atoms with Crippen molar-refractivity contribution < 1.29 is 9.59 Å². The summed E-state index contributed by atoms with van der Waals surface area (Å²) in [5, 5.41) is 3.00. The van der Waals surface area contributed by atoms with Gasteiger partial charge in [-0.25, -0.2) is 4.98 Å². The molecule has 4 rings (SSSR count). The Bertz CT molecular complexity index is 1010. The highest BCUT2D eigenvalue weighted by Crippen LogP contribution is 2.25. The fourth-order valence-corrected chi connectivity index (χ4v) is 3.80. The van der Waals surface area contributed by atoms with E-state index in [2.05, 4.69) is 14.9 Å². The Hall–Kier alpha value is -3.41. The maximum atomic E-state index is 12.6. The molecule has 1 aliphatic rings. The van der Waals surface area contributed by atoms with E-state index < -0.39 is 0 Å². The first-order valence-electron chi connectivity index (χ1n) is 10.3. The predicted molar refractivity (Wildman–Crippen MR) is 117 cm³/mol. The number of hydrogen-bond acceptors (Lipinski definition) is 3. The Labute approximate surface area is 176 Å². The zero-order valence-corrected chi connectivity index (χ0v) is 17.1. The number of carbonyl (C=O) groups is 2. The van der Waals surface area contributed by atoms with Gasteiger partial charge in [-0.3, -0.25) is 9.59 Å². The molecule has 1 fully saturated rings. The van der Waals surface area contributed by atoms with E-state index in [4.69, 9.17) is 0 Å². The molecule has 0 bridgehead atoms. The smallest absolute Gasteiger partial charge is 0.227 e. The van der Waals surface area contributed by atoms with Crippen LogP contribution in [0.15, 0.2) is 67.0 Å². The van der Waals surface area contributed by atoms with Gasteiger partial charge in [0.1, 0.15) is 5.82 Å². The average Bonchev–Trinajstić information content (AvgIpc) is 3.39. The van der Waals surface area contributed by atoms with Crippen LogP contribution in [0.25, 0.3) is 11.4 Å². The third-order valence-electron chi connectivity index (χ3n) is 5.46. The van der Waals surface area contributed by atoms with E-state index >= 15 is 0 Å². The standard InChI is InChI=1S/C24H26N4O2/c1-18-8-10-21(11-9-18)28-17-20(16-22(28)29)24(30)26-12-5-14-27-15-13-25-23(27)19-6-3-2-4-7-19/h2-4,6-11,13,15,20H,5,12,14,16-17H2,1H3,(H,26,30). The number of aromatic nitrogens is 2.